The van der Waals surface area contributed by atoms with Gasteiger partial charge in [0.2, 0.25) is 5.91 Å². The molecule has 0 radical (unpaired) electrons. The Bertz CT molecular complexity index is 837. The van der Waals surface area contributed by atoms with Gasteiger partial charge in [0.25, 0.3) is 10.2 Å². The lowest BCUT2D eigenvalue weighted by atomic mass is 9.99. The number of amides is 1. The van der Waals surface area contributed by atoms with Crippen LogP contribution in [0.25, 0.3) is 0 Å². The highest BCUT2D eigenvalue weighted by atomic mass is 32.2. The number of anilines is 1. The van der Waals surface area contributed by atoms with Crippen LogP contribution in [0.3, 0.4) is 0 Å². The van der Waals surface area contributed by atoms with Gasteiger partial charge in [0.1, 0.15) is 0 Å². The van der Waals surface area contributed by atoms with E-state index >= 15 is 0 Å². The Kier molecular flexibility index (Phi) is 9.37. The number of aryl methyl sites for hydroxylation is 1. The monoisotopic (exact) mass is 464 g/mol. The summed E-state index contributed by atoms with van der Waals surface area (Å²) in [5.74, 6) is -0.274. The summed E-state index contributed by atoms with van der Waals surface area (Å²) in [7, 11) is -3.47. The molecule has 1 amide bonds. The maximum absolute atomic E-state index is 13.1. The normalized spacial score (nSPS) is 21.1. The lowest BCUT2D eigenvalue weighted by Gasteiger charge is -2.34. The zero-order valence-corrected chi connectivity index (χ0v) is 20.6. The van der Waals surface area contributed by atoms with Crippen LogP contribution in [-0.4, -0.2) is 68.7 Å². The Morgan fingerprint density at radius 2 is 1.81 bits per heavy atom. The second-order valence-corrected chi connectivity index (χ2v) is 11.0. The molecule has 2 heterocycles. The van der Waals surface area contributed by atoms with E-state index in [4.69, 9.17) is 0 Å². The quantitative estimate of drug-likeness (QED) is 0.570. The third-order valence-corrected chi connectivity index (χ3v) is 8.63. The average Bonchev–Trinajstić information content (AvgIpc) is 3.09. The largest absolute Gasteiger partial charge is 0.372 e. The summed E-state index contributed by atoms with van der Waals surface area (Å²) < 4.78 is 29.4. The summed E-state index contributed by atoms with van der Waals surface area (Å²) in [5, 5.41) is 3.06. The molecule has 1 N–H and O–H groups in total. The van der Waals surface area contributed by atoms with Crippen molar-refractivity contribution in [1.82, 2.24) is 13.9 Å². The molecular formula is C24H40N4O3S. The Balaban J connectivity index is 1.46. The molecule has 1 aromatic carbocycles. The van der Waals surface area contributed by atoms with Gasteiger partial charge in [-0.3, -0.25) is 4.79 Å². The molecule has 2 aliphatic heterocycles. The first kappa shape index (κ1) is 25.0. The minimum atomic E-state index is -3.47. The van der Waals surface area contributed by atoms with Crippen LogP contribution in [0.1, 0.15) is 57.4 Å². The predicted octanol–water partition coefficient (Wildman–Crippen LogP) is 3.16. The lowest BCUT2D eigenvalue weighted by Crippen LogP contribution is -2.50. The second-order valence-electron chi connectivity index (χ2n) is 9.08. The van der Waals surface area contributed by atoms with E-state index in [1.807, 2.05) is 0 Å². The maximum Gasteiger partial charge on any atom is 0.281 e. The minimum Gasteiger partial charge on any atom is -0.372 e. The SMILES string of the molecule is CCN(CCCNC(=O)[C@H]1CCCN(S(=O)(=O)N2CCCCCC2)C1)c1cccc(C)c1. The van der Waals surface area contributed by atoms with Gasteiger partial charge < -0.3 is 10.2 Å². The molecule has 2 fully saturated rings. The molecule has 0 spiro atoms. The summed E-state index contributed by atoms with van der Waals surface area (Å²) in [5.41, 5.74) is 2.45. The fourth-order valence-corrected chi connectivity index (χ4v) is 6.50. The standard InChI is InChI=1S/C24H40N4O3S/c1-3-26(23-13-8-11-21(2)19-23)15-10-14-25-24(29)22-12-9-18-28(20-22)32(30,31)27-16-6-4-5-7-17-27/h8,11,13,19,22H,3-7,9-10,12,14-18,20H2,1-2H3,(H,25,29)/t22-/m0/s1. The van der Waals surface area contributed by atoms with Crippen molar-refractivity contribution in [1.29, 1.82) is 0 Å². The van der Waals surface area contributed by atoms with Crippen molar-refractivity contribution in [3.63, 3.8) is 0 Å². The Hall–Kier alpha value is -1.64. The molecule has 7 nitrogen and oxygen atoms in total. The number of rotatable bonds is 9. The first-order valence-corrected chi connectivity index (χ1v) is 13.7. The van der Waals surface area contributed by atoms with Gasteiger partial charge in [0.15, 0.2) is 0 Å². The first-order chi connectivity index (χ1) is 15.4. The van der Waals surface area contributed by atoms with Crippen LogP contribution in [0.4, 0.5) is 5.69 Å². The van der Waals surface area contributed by atoms with Crippen LogP contribution in [0.5, 0.6) is 0 Å². The summed E-state index contributed by atoms with van der Waals surface area (Å²) in [6.45, 7) is 8.66. The van der Waals surface area contributed by atoms with Crippen molar-refractivity contribution in [3.05, 3.63) is 29.8 Å². The number of benzene rings is 1. The molecule has 0 aromatic heterocycles. The molecule has 8 heteroatoms. The average molecular weight is 465 g/mol. The van der Waals surface area contributed by atoms with Crippen LogP contribution < -0.4 is 10.2 Å². The van der Waals surface area contributed by atoms with Gasteiger partial charge in [-0.15, -0.1) is 0 Å². The minimum absolute atomic E-state index is 0.0145. The fourth-order valence-electron chi connectivity index (χ4n) is 4.72. The molecule has 0 aliphatic carbocycles. The lowest BCUT2D eigenvalue weighted by molar-refractivity contribution is -0.126. The van der Waals surface area contributed by atoms with Gasteiger partial charge in [0.05, 0.1) is 5.92 Å². The number of hydrogen-bond acceptors (Lipinski definition) is 4. The van der Waals surface area contributed by atoms with Gasteiger partial charge >= 0.3 is 0 Å². The number of nitrogens with one attached hydrogen (secondary N) is 1. The van der Waals surface area contributed by atoms with Crippen LogP contribution in [0.15, 0.2) is 24.3 Å². The van der Waals surface area contributed by atoms with Crippen LogP contribution in [-0.2, 0) is 15.0 Å². The number of hydrogen-bond donors (Lipinski definition) is 1. The van der Waals surface area contributed by atoms with E-state index in [1.165, 1.54) is 11.3 Å². The molecule has 0 bridgehead atoms. The summed E-state index contributed by atoms with van der Waals surface area (Å²) >= 11 is 0. The fraction of sp³-hybridized carbons (Fsp3) is 0.708. The van der Waals surface area contributed by atoms with Crippen molar-refractivity contribution in [2.75, 3.05) is 50.7 Å². The molecular weight excluding hydrogens is 424 g/mol. The second kappa shape index (κ2) is 12.0. The molecule has 3 rings (SSSR count). The van der Waals surface area contributed by atoms with E-state index in [1.54, 1.807) is 8.61 Å². The highest BCUT2D eigenvalue weighted by Crippen LogP contribution is 2.23. The van der Waals surface area contributed by atoms with E-state index in [0.717, 1.165) is 58.0 Å². The van der Waals surface area contributed by atoms with Crippen molar-refractivity contribution in [3.8, 4) is 0 Å². The van der Waals surface area contributed by atoms with Crippen molar-refractivity contribution in [2.24, 2.45) is 5.92 Å². The van der Waals surface area contributed by atoms with E-state index in [0.29, 0.717) is 32.7 Å². The first-order valence-electron chi connectivity index (χ1n) is 12.3. The number of nitrogens with zero attached hydrogens (tertiary/aromatic N) is 3. The predicted molar refractivity (Wildman–Crippen MR) is 130 cm³/mol. The number of piperidine rings is 1. The highest BCUT2D eigenvalue weighted by molar-refractivity contribution is 7.86. The van der Waals surface area contributed by atoms with Crippen LogP contribution in [0.2, 0.25) is 0 Å². The van der Waals surface area contributed by atoms with E-state index in [9.17, 15) is 13.2 Å². The molecule has 1 atom stereocenters. The number of carbonyl (C=O) groups is 1. The summed E-state index contributed by atoms with van der Waals surface area (Å²) in [6, 6.07) is 8.47. The molecule has 0 saturated carbocycles. The third-order valence-electron chi connectivity index (χ3n) is 6.63. The van der Waals surface area contributed by atoms with Crippen molar-refractivity contribution >= 4 is 21.8 Å². The van der Waals surface area contributed by atoms with Gasteiger partial charge in [-0.2, -0.15) is 17.0 Å². The van der Waals surface area contributed by atoms with Crippen LogP contribution >= 0.6 is 0 Å². The maximum atomic E-state index is 13.1. The molecule has 180 valence electrons. The van der Waals surface area contributed by atoms with E-state index < -0.39 is 10.2 Å². The molecule has 32 heavy (non-hydrogen) atoms. The highest BCUT2D eigenvalue weighted by Gasteiger charge is 2.35. The van der Waals surface area contributed by atoms with Crippen LogP contribution in [0, 0.1) is 12.8 Å². The third kappa shape index (κ3) is 6.68. The van der Waals surface area contributed by atoms with Gasteiger partial charge in [-0.05, 0) is 63.6 Å². The molecule has 2 aliphatic rings. The van der Waals surface area contributed by atoms with E-state index in [2.05, 4.69) is 48.3 Å². The Morgan fingerprint density at radius 3 is 2.50 bits per heavy atom. The van der Waals surface area contributed by atoms with Gasteiger partial charge in [-0.1, -0.05) is 25.0 Å². The van der Waals surface area contributed by atoms with Crippen molar-refractivity contribution < 1.29 is 13.2 Å². The number of carbonyl (C=O) groups excluding carboxylic acids is 1. The van der Waals surface area contributed by atoms with Crippen molar-refractivity contribution in [2.45, 2.75) is 58.8 Å². The summed E-state index contributed by atoms with van der Waals surface area (Å²) in [6.07, 6.45) is 6.38. The molecule has 0 unspecified atom stereocenters. The Morgan fingerprint density at radius 1 is 1.09 bits per heavy atom. The van der Waals surface area contributed by atoms with Gasteiger partial charge in [0, 0.05) is 51.5 Å². The van der Waals surface area contributed by atoms with Gasteiger partial charge in [-0.25, -0.2) is 0 Å². The zero-order chi connectivity index (χ0) is 23.0. The zero-order valence-electron chi connectivity index (χ0n) is 19.8. The molecule has 1 aromatic rings. The Labute approximate surface area is 194 Å². The van der Waals surface area contributed by atoms with E-state index in [-0.39, 0.29) is 11.8 Å². The smallest absolute Gasteiger partial charge is 0.281 e. The molecule has 2 saturated heterocycles. The summed E-state index contributed by atoms with van der Waals surface area (Å²) in [4.78, 5) is 15.1. The topological polar surface area (TPSA) is 73.0 Å².